The van der Waals surface area contributed by atoms with Crippen LogP contribution in [0.1, 0.15) is 22.6 Å². The second kappa shape index (κ2) is 8.13. The molecule has 0 aliphatic heterocycles. The van der Waals surface area contributed by atoms with Gasteiger partial charge in [0.1, 0.15) is 0 Å². The summed E-state index contributed by atoms with van der Waals surface area (Å²) in [5.74, 6) is -0.206. The monoisotopic (exact) mass is 393 g/mol. The lowest BCUT2D eigenvalue weighted by atomic mass is 9.90. The molecule has 0 aliphatic carbocycles. The highest BCUT2D eigenvalue weighted by Crippen LogP contribution is 2.27. The maximum absolute atomic E-state index is 13.3. The van der Waals surface area contributed by atoms with Crippen LogP contribution in [0.15, 0.2) is 89.4 Å². The first-order chi connectivity index (χ1) is 12.2. The molecule has 3 heteroatoms. The van der Waals surface area contributed by atoms with Crippen LogP contribution in [0.5, 0.6) is 0 Å². The molecule has 0 bridgehead atoms. The minimum atomic E-state index is -0.296. The average molecular weight is 394 g/mol. The minimum absolute atomic E-state index is 0.0909. The summed E-state index contributed by atoms with van der Waals surface area (Å²) < 4.78 is 1.02. The normalized spacial score (nSPS) is 10.7. The lowest BCUT2D eigenvalue weighted by Gasteiger charge is -2.25. The van der Waals surface area contributed by atoms with E-state index in [-0.39, 0.29) is 11.8 Å². The Morgan fingerprint density at radius 2 is 1.32 bits per heavy atom. The second-order valence-electron chi connectivity index (χ2n) is 6.04. The van der Waals surface area contributed by atoms with E-state index in [4.69, 9.17) is 0 Å². The van der Waals surface area contributed by atoms with Gasteiger partial charge in [0.25, 0.3) is 0 Å². The van der Waals surface area contributed by atoms with Gasteiger partial charge >= 0.3 is 0 Å². The van der Waals surface area contributed by atoms with Crippen molar-refractivity contribution in [2.24, 2.45) is 0 Å². The molecule has 0 heterocycles. The maximum atomic E-state index is 13.3. The Labute approximate surface area is 157 Å². The Balaban J connectivity index is 1.90. The number of nitrogens with zero attached hydrogens (tertiary/aromatic N) is 1. The molecule has 0 spiro atoms. The molecular formula is C22H20BrNO. The van der Waals surface area contributed by atoms with E-state index in [9.17, 15) is 4.79 Å². The van der Waals surface area contributed by atoms with Crippen LogP contribution in [-0.2, 0) is 11.3 Å². The number of rotatable bonds is 5. The van der Waals surface area contributed by atoms with Crippen molar-refractivity contribution in [3.63, 3.8) is 0 Å². The molecule has 0 saturated heterocycles. The molecule has 1 amide bonds. The molecule has 0 atom stereocenters. The minimum Gasteiger partial charge on any atom is -0.341 e. The third-order valence-electron chi connectivity index (χ3n) is 4.25. The van der Waals surface area contributed by atoms with Crippen LogP contribution in [0.4, 0.5) is 0 Å². The van der Waals surface area contributed by atoms with Crippen LogP contribution in [0.2, 0.25) is 0 Å². The quantitative estimate of drug-likeness (QED) is 0.580. The van der Waals surface area contributed by atoms with Gasteiger partial charge in [-0.2, -0.15) is 0 Å². The topological polar surface area (TPSA) is 20.3 Å². The summed E-state index contributed by atoms with van der Waals surface area (Å²) in [6, 6.07) is 27.9. The molecule has 0 aromatic heterocycles. The van der Waals surface area contributed by atoms with Crippen LogP contribution in [0.25, 0.3) is 0 Å². The van der Waals surface area contributed by atoms with E-state index >= 15 is 0 Å². The fourth-order valence-corrected chi connectivity index (χ4v) is 3.36. The summed E-state index contributed by atoms with van der Waals surface area (Å²) >= 11 is 3.56. The first kappa shape index (κ1) is 17.4. The first-order valence-corrected chi connectivity index (χ1v) is 9.04. The molecule has 0 radical (unpaired) electrons. The fourth-order valence-electron chi connectivity index (χ4n) is 2.95. The van der Waals surface area contributed by atoms with Gasteiger partial charge in [-0.1, -0.05) is 94.8 Å². The van der Waals surface area contributed by atoms with Crippen molar-refractivity contribution in [3.05, 3.63) is 106 Å². The molecule has 126 valence electrons. The number of benzene rings is 3. The van der Waals surface area contributed by atoms with E-state index in [1.165, 1.54) is 0 Å². The molecule has 0 N–H and O–H groups in total. The highest BCUT2D eigenvalue weighted by atomic mass is 79.9. The largest absolute Gasteiger partial charge is 0.341 e. The van der Waals surface area contributed by atoms with Gasteiger partial charge in [0.2, 0.25) is 5.91 Å². The van der Waals surface area contributed by atoms with Gasteiger partial charge in [-0.15, -0.1) is 0 Å². The SMILES string of the molecule is CN(Cc1ccccc1Br)C(=O)C(c1ccccc1)c1ccccc1. The highest BCUT2D eigenvalue weighted by molar-refractivity contribution is 9.10. The Kier molecular flexibility index (Phi) is 5.67. The molecule has 3 aromatic rings. The first-order valence-electron chi connectivity index (χ1n) is 8.25. The zero-order valence-corrected chi connectivity index (χ0v) is 15.7. The summed E-state index contributed by atoms with van der Waals surface area (Å²) in [7, 11) is 1.86. The maximum Gasteiger partial charge on any atom is 0.234 e. The Morgan fingerprint density at radius 1 is 0.840 bits per heavy atom. The van der Waals surface area contributed by atoms with Crippen LogP contribution >= 0.6 is 15.9 Å². The molecule has 0 saturated carbocycles. The van der Waals surface area contributed by atoms with Crippen molar-refractivity contribution in [3.8, 4) is 0 Å². The standard InChI is InChI=1S/C22H20BrNO/c1-24(16-19-14-8-9-15-20(19)23)22(25)21(17-10-4-2-5-11-17)18-12-6-3-7-13-18/h2-15,21H,16H2,1H3. The molecule has 0 unspecified atom stereocenters. The summed E-state index contributed by atoms with van der Waals surface area (Å²) in [5, 5.41) is 0. The van der Waals surface area contributed by atoms with Gasteiger partial charge in [0.15, 0.2) is 0 Å². The zero-order valence-electron chi connectivity index (χ0n) is 14.1. The van der Waals surface area contributed by atoms with Crippen LogP contribution in [-0.4, -0.2) is 17.9 Å². The number of amides is 1. The number of halogens is 1. The molecule has 2 nitrogen and oxygen atoms in total. The third-order valence-corrected chi connectivity index (χ3v) is 5.03. The molecule has 3 aromatic carbocycles. The highest BCUT2D eigenvalue weighted by Gasteiger charge is 2.25. The van der Waals surface area contributed by atoms with E-state index in [2.05, 4.69) is 15.9 Å². The molecular weight excluding hydrogens is 374 g/mol. The number of carbonyl (C=O) groups is 1. The zero-order chi connectivity index (χ0) is 17.6. The van der Waals surface area contributed by atoms with Crippen molar-refractivity contribution in [1.82, 2.24) is 4.90 Å². The molecule has 3 rings (SSSR count). The summed E-state index contributed by atoms with van der Waals surface area (Å²) in [6.07, 6.45) is 0. The molecule has 0 fully saturated rings. The van der Waals surface area contributed by atoms with Gasteiger partial charge in [0, 0.05) is 18.1 Å². The molecule has 25 heavy (non-hydrogen) atoms. The lowest BCUT2D eigenvalue weighted by Crippen LogP contribution is -2.32. The van der Waals surface area contributed by atoms with Gasteiger partial charge < -0.3 is 4.90 Å². The van der Waals surface area contributed by atoms with Gasteiger partial charge in [-0.05, 0) is 22.8 Å². The summed E-state index contributed by atoms with van der Waals surface area (Å²) in [5.41, 5.74) is 3.12. The van der Waals surface area contributed by atoms with Crippen molar-refractivity contribution in [2.75, 3.05) is 7.05 Å². The number of likely N-dealkylation sites (N-methyl/N-ethyl adjacent to an activating group) is 1. The van der Waals surface area contributed by atoms with E-state index < -0.39 is 0 Å². The summed E-state index contributed by atoms with van der Waals surface area (Å²) in [4.78, 5) is 15.1. The van der Waals surface area contributed by atoms with Crippen molar-refractivity contribution in [1.29, 1.82) is 0 Å². The van der Waals surface area contributed by atoms with Crippen LogP contribution in [0.3, 0.4) is 0 Å². The van der Waals surface area contributed by atoms with Crippen LogP contribution < -0.4 is 0 Å². The average Bonchev–Trinajstić information content (AvgIpc) is 2.65. The van der Waals surface area contributed by atoms with E-state index in [1.54, 1.807) is 4.90 Å². The smallest absolute Gasteiger partial charge is 0.234 e. The van der Waals surface area contributed by atoms with E-state index in [1.807, 2.05) is 92.0 Å². The Morgan fingerprint density at radius 3 is 1.84 bits per heavy atom. The Hall–Kier alpha value is -2.39. The number of carbonyl (C=O) groups excluding carboxylic acids is 1. The fraction of sp³-hybridized carbons (Fsp3) is 0.136. The predicted octanol–water partition coefficient (Wildman–Crippen LogP) is 5.24. The van der Waals surface area contributed by atoms with Crippen molar-refractivity contribution >= 4 is 21.8 Å². The van der Waals surface area contributed by atoms with E-state index in [0.29, 0.717) is 6.54 Å². The number of hydrogen-bond acceptors (Lipinski definition) is 1. The molecule has 0 aliphatic rings. The van der Waals surface area contributed by atoms with Gasteiger partial charge in [-0.25, -0.2) is 0 Å². The van der Waals surface area contributed by atoms with E-state index in [0.717, 1.165) is 21.2 Å². The lowest BCUT2D eigenvalue weighted by molar-refractivity contribution is -0.131. The number of hydrogen-bond donors (Lipinski definition) is 0. The second-order valence-corrected chi connectivity index (χ2v) is 6.89. The van der Waals surface area contributed by atoms with Gasteiger partial charge in [-0.3, -0.25) is 4.79 Å². The van der Waals surface area contributed by atoms with Crippen molar-refractivity contribution < 1.29 is 4.79 Å². The van der Waals surface area contributed by atoms with Gasteiger partial charge in [0.05, 0.1) is 5.92 Å². The van der Waals surface area contributed by atoms with Crippen LogP contribution in [0, 0.1) is 0 Å². The predicted molar refractivity (Wildman–Crippen MR) is 105 cm³/mol. The Bertz CT molecular complexity index is 793. The third kappa shape index (κ3) is 4.18. The van der Waals surface area contributed by atoms with Crippen molar-refractivity contribution in [2.45, 2.75) is 12.5 Å². The summed E-state index contributed by atoms with van der Waals surface area (Å²) in [6.45, 7) is 0.566.